The summed E-state index contributed by atoms with van der Waals surface area (Å²) in [5.41, 5.74) is 3.32. The van der Waals surface area contributed by atoms with Gasteiger partial charge in [-0.15, -0.1) is 0 Å². The zero-order valence-corrected chi connectivity index (χ0v) is 13.1. The van der Waals surface area contributed by atoms with Gasteiger partial charge in [-0.2, -0.15) is 0 Å². The Morgan fingerprint density at radius 2 is 1.71 bits per heavy atom. The molecule has 4 unspecified atom stereocenters. The second kappa shape index (κ2) is 5.80. The van der Waals surface area contributed by atoms with E-state index in [0.717, 1.165) is 50.4 Å². The van der Waals surface area contributed by atoms with Crippen LogP contribution in [-0.2, 0) is 9.47 Å². The second-order valence-corrected chi connectivity index (χ2v) is 7.78. The number of fused-ring (bicyclic) bond motifs is 1. The van der Waals surface area contributed by atoms with E-state index in [1.54, 1.807) is 0 Å². The molecule has 4 atom stereocenters. The van der Waals surface area contributed by atoms with E-state index in [1.165, 1.54) is 38.5 Å². The van der Waals surface area contributed by atoms with Crippen LogP contribution in [0.3, 0.4) is 0 Å². The molecule has 2 saturated heterocycles. The maximum atomic E-state index is 6.20. The van der Waals surface area contributed by atoms with Crippen LogP contribution in [0, 0.1) is 23.7 Å². The highest BCUT2D eigenvalue weighted by atomic mass is 16.5. The Morgan fingerprint density at radius 3 is 2.38 bits per heavy atom. The molecule has 3 N–H and O–H groups in total. The zero-order chi connectivity index (χ0) is 14.3. The summed E-state index contributed by atoms with van der Waals surface area (Å²) in [4.78, 5) is 0. The molecule has 21 heavy (non-hydrogen) atoms. The van der Waals surface area contributed by atoms with Crippen molar-refractivity contribution in [3.05, 3.63) is 0 Å². The van der Waals surface area contributed by atoms with Crippen molar-refractivity contribution in [1.82, 2.24) is 5.43 Å². The number of nitrogens with one attached hydrogen (secondary N) is 1. The lowest BCUT2D eigenvalue weighted by Gasteiger charge is -2.45. The van der Waals surface area contributed by atoms with Crippen LogP contribution in [0.2, 0.25) is 0 Å². The Balaban J connectivity index is 1.44. The van der Waals surface area contributed by atoms with Gasteiger partial charge >= 0.3 is 0 Å². The standard InChI is InChI=1S/C17H30N2O2/c18-19-16(15-13-3-1-2-4-14(13)15)12-5-8-21-17(11-12)6-9-20-10-7-17/h12-16,19H,1-11,18H2. The summed E-state index contributed by atoms with van der Waals surface area (Å²) in [7, 11) is 0. The monoisotopic (exact) mass is 294 g/mol. The molecule has 2 heterocycles. The van der Waals surface area contributed by atoms with Gasteiger partial charge in [0.1, 0.15) is 0 Å². The minimum absolute atomic E-state index is 0.0936. The van der Waals surface area contributed by atoms with Gasteiger partial charge in [0.25, 0.3) is 0 Å². The van der Waals surface area contributed by atoms with Crippen molar-refractivity contribution in [2.75, 3.05) is 19.8 Å². The Morgan fingerprint density at radius 1 is 1.00 bits per heavy atom. The normalized spacial score (nSPS) is 43.3. The molecule has 4 fully saturated rings. The fraction of sp³-hybridized carbons (Fsp3) is 1.00. The van der Waals surface area contributed by atoms with Crippen molar-refractivity contribution in [3.8, 4) is 0 Å². The largest absolute Gasteiger partial charge is 0.381 e. The van der Waals surface area contributed by atoms with Crippen molar-refractivity contribution >= 4 is 0 Å². The summed E-state index contributed by atoms with van der Waals surface area (Å²) in [6.07, 6.45) is 10.2. The van der Waals surface area contributed by atoms with E-state index in [4.69, 9.17) is 15.3 Å². The first-order chi connectivity index (χ1) is 10.3. The van der Waals surface area contributed by atoms with Crippen LogP contribution in [0.15, 0.2) is 0 Å². The number of rotatable bonds is 3. The lowest BCUT2D eigenvalue weighted by Crippen LogP contribution is -2.51. The van der Waals surface area contributed by atoms with Gasteiger partial charge in [0.2, 0.25) is 0 Å². The Bertz CT molecular complexity index is 352. The van der Waals surface area contributed by atoms with Crippen LogP contribution >= 0.6 is 0 Å². The first kappa shape index (κ1) is 14.4. The molecule has 4 aliphatic rings. The molecule has 2 aliphatic heterocycles. The molecule has 0 radical (unpaired) electrons. The maximum Gasteiger partial charge on any atom is 0.0729 e. The number of hydrazine groups is 1. The van der Waals surface area contributed by atoms with Crippen LogP contribution in [0.4, 0.5) is 0 Å². The Labute approximate surface area is 128 Å². The van der Waals surface area contributed by atoms with E-state index in [9.17, 15) is 0 Å². The molecule has 4 nitrogen and oxygen atoms in total. The first-order valence-electron chi connectivity index (χ1n) is 9.01. The number of hydrogen-bond acceptors (Lipinski definition) is 4. The number of hydrogen-bond donors (Lipinski definition) is 2. The van der Waals surface area contributed by atoms with Gasteiger partial charge in [-0.1, -0.05) is 12.8 Å². The molecule has 0 amide bonds. The highest BCUT2D eigenvalue weighted by Crippen LogP contribution is 2.59. The van der Waals surface area contributed by atoms with Crippen LogP contribution in [0.25, 0.3) is 0 Å². The molecular formula is C17H30N2O2. The third-order valence-corrected chi connectivity index (χ3v) is 6.77. The Kier molecular flexibility index (Phi) is 3.99. The highest BCUT2D eigenvalue weighted by Gasteiger charge is 2.56. The van der Waals surface area contributed by atoms with Crippen molar-refractivity contribution in [1.29, 1.82) is 0 Å². The molecule has 0 aromatic rings. The molecule has 0 aromatic carbocycles. The smallest absolute Gasteiger partial charge is 0.0729 e. The van der Waals surface area contributed by atoms with Crippen molar-refractivity contribution < 1.29 is 9.47 Å². The van der Waals surface area contributed by atoms with Gasteiger partial charge in [0.15, 0.2) is 0 Å². The third kappa shape index (κ3) is 2.65. The van der Waals surface area contributed by atoms with Gasteiger partial charge in [0.05, 0.1) is 5.60 Å². The molecule has 4 heteroatoms. The summed E-state index contributed by atoms with van der Waals surface area (Å²) in [5, 5.41) is 0. The van der Waals surface area contributed by atoms with E-state index >= 15 is 0 Å². The molecule has 2 saturated carbocycles. The minimum atomic E-state index is 0.0936. The van der Waals surface area contributed by atoms with Gasteiger partial charge in [-0.25, -0.2) is 0 Å². The lowest BCUT2D eigenvalue weighted by molar-refractivity contribution is -0.151. The average molecular weight is 294 g/mol. The van der Waals surface area contributed by atoms with E-state index in [2.05, 4.69) is 5.43 Å². The van der Waals surface area contributed by atoms with Crippen LogP contribution < -0.4 is 11.3 Å². The second-order valence-electron chi connectivity index (χ2n) is 7.78. The summed E-state index contributed by atoms with van der Waals surface area (Å²) >= 11 is 0. The molecule has 0 bridgehead atoms. The molecule has 4 rings (SSSR count). The summed E-state index contributed by atoms with van der Waals surface area (Å²) < 4.78 is 11.7. The predicted molar refractivity (Wildman–Crippen MR) is 81.5 cm³/mol. The molecule has 1 spiro atoms. The van der Waals surface area contributed by atoms with Gasteiger partial charge < -0.3 is 9.47 Å². The fourth-order valence-corrected chi connectivity index (χ4v) is 5.61. The average Bonchev–Trinajstić information content (AvgIpc) is 3.24. The molecule has 0 aromatic heterocycles. The fourth-order valence-electron chi connectivity index (χ4n) is 5.61. The number of ether oxygens (including phenoxy) is 2. The van der Waals surface area contributed by atoms with E-state index in [0.29, 0.717) is 12.0 Å². The SMILES string of the molecule is NNC(C1CCOC2(CCOCC2)C1)C1C2CCCCC21. The van der Waals surface area contributed by atoms with Gasteiger partial charge in [-0.3, -0.25) is 11.3 Å². The number of nitrogens with two attached hydrogens (primary N) is 1. The zero-order valence-electron chi connectivity index (χ0n) is 13.1. The molecule has 120 valence electrons. The lowest BCUT2D eigenvalue weighted by atomic mass is 9.76. The van der Waals surface area contributed by atoms with Crippen LogP contribution in [-0.4, -0.2) is 31.5 Å². The minimum Gasteiger partial charge on any atom is -0.381 e. The summed E-state index contributed by atoms with van der Waals surface area (Å²) in [5.74, 6) is 9.47. The van der Waals surface area contributed by atoms with Crippen molar-refractivity contribution in [2.45, 2.75) is 63.0 Å². The van der Waals surface area contributed by atoms with Crippen molar-refractivity contribution in [3.63, 3.8) is 0 Å². The molecule has 2 aliphatic carbocycles. The molecular weight excluding hydrogens is 264 g/mol. The van der Waals surface area contributed by atoms with Gasteiger partial charge in [-0.05, 0) is 62.2 Å². The predicted octanol–water partition coefficient (Wildman–Crippen LogP) is 2.23. The Hall–Kier alpha value is -0.160. The first-order valence-corrected chi connectivity index (χ1v) is 9.01. The van der Waals surface area contributed by atoms with Gasteiger partial charge in [0, 0.05) is 25.9 Å². The maximum absolute atomic E-state index is 6.20. The van der Waals surface area contributed by atoms with E-state index in [1.807, 2.05) is 0 Å². The van der Waals surface area contributed by atoms with Crippen LogP contribution in [0.5, 0.6) is 0 Å². The highest BCUT2D eigenvalue weighted by molar-refractivity contribution is 5.07. The van der Waals surface area contributed by atoms with E-state index < -0.39 is 0 Å². The van der Waals surface area contributed by atoms with Crippen molar-refractivity contribution in [2.24, 2.45) is 29.5 Å². The third-order valence-electron chi connectivity index (χ3n) is 6.77. The van der Waals surface area contributed by atoms with E-state index in [-0.39, 0.29) is 5.60 Å². The summed E-state index contributed by atoms with van der Waals surface area (Å²) in [6, 6.07) is 0.515. The van der Waals surface area contributed by atoms with Crippen LogP contribution in [0.1, 0.15) is 51.4 Å². The summed E-state index contributed by atoms with van der Waals surface area (Å²) in [6.45, 7) is 2.63. The topological polar surface area (TPSA) is 56.5 Å². The quantitative estimate of drug-likeness (QED) is 0.619.